The van der Waals surface area contributed by atoms with Gasteiger partial charge in [0.25, 0.3) is 0 Å². The summed E-state index contributed by atoms with van der Waals surface area (Å²) >= 11 is 17.0. The topological polar surface area (TPSA) is 0 Å². The average molecular weight is 336 g/mol. The maximum absolute atomic E-state index is 5.91. The van der Waals surface area contributed by atoms with Gasteiger partial charge < -0.3 is 0 Å². The van der Waals surface area contributed by atoms with Crippen molar-refractivity contribution in [2.75, 3.05) is 0 Å². The fourth-order valence-corrected chi connectivity index (χ4v) is 3.40. The Hall–Kier alpha value is -0.0200. The molecule has 0 fully saturated rings. The van der Waals surface area contributed by atoms with Gasteiger partial charge in [0, 0.05) is 9.90 Å². The van der Waals surface area contributed by atoms with E-state index in [2.05, 4.69) is 22.0 Å². The quantitative estimate of drug-likeness (QED) is 0.628. The molecule has 1 unspecified atom stereocenters. The number of hydrogen-bond acceptors (Lipinski definition) is 1. The standard InChI is InChI=1S/C12H9BrCl2S/c13-10(11-5-6-12(15)16-11)7-8-1-3-9(14)4-2-8/h1-6,10H,7H2. The summed E-state index contributed by atoms with van der Waals surface area (Å²) in [6.45, 7) is 0. The van der Waals surface area contributed by atoms with Crippen LogP contribution in [0, 0.1) is 0 Å². The zero-order valence-electron chi connectivity index (χ0n) is 8.29. The molecule has 2 rings (SSSR count). The zero-order valence-corrected chi connectivity index (χ0v) is 12.2. The number of benzene rings is 1. The van der Waals surface area contributed by atoms with E-state index in [4.69, 9.17) is 23.2 Å². The van der Waals surface area contributed by atoms with Gasteiger partial charge in [0.05, 0.1) is 9.16 Å². The molecule has 1 atom stereocenters. The molecule has 0 nitrogen and oxygen atoms in total. The highest BCUT2D eigenvalue weighted by Crippen LogP contribution is 2.34. The van der Waals surface area contributed by atoms with E-state index in [-0.39, 0.29) is 0 Å². The van der Waals surface area contributed by atoms with E-state index in [9.17, 15) is 0 Å². The zero-order chi connectivity index (χ0) is 11.5. The molecular formula is C12H9BrCl2S. The minimum Gasteiger partial charge on any atom is -0.127 e. The van der Waals surface area contributed by atoms with Crippen LogP contribution in [0.4, 0.5) is 0 Å². The highest BCUT2D eigenvalue weighted by molar-refractivity contribution is 9.09. The van der Waals surface area contributed by atoms with Gasteiger partial charge in [-0.2, -0.15) is 0 Å². The Morgan fingerprint density at radius 3 is 2.31 bits per heavy atom. The molecule has 16 heavy (non-hydrogen) atoms. The van der Waals surface area contributed by atoms with E-state index < -0.39 is 0 Å². The van der Waals surface area contributed by atoms with Crippen molar-refractivity contribution in [2.45, 2.75) is 11.2 Å². The first-order chi connectivity index (χ1) is 7.65. The van der Waals surface area contributed by atoms with Crippen molar-refractivity contribution in [1.82, 2.24) is 0 Å². The lowest BCUT2D eigenvalue weighted by atomic mass is 10.1. The number of thiophene rings is 1. The lowest BCUT2D eigenvalue weighted by molar-refractivity contribution is 0.970. The van der Waals surface area contributed by atoms with Gasteiger partial charge in [-0.1, -0.05) is 51.3 Å². The van der Waals surface area contributed by atoms with Crippen molar-refractivity contribution in [3.05, 3.63) is 56.2 Å². The van der Waals surface area contributed by atoms with Crippen LogP contribution in [-0.4, -0.2) is 0 Å². The average Bonchev–Trinajstić information content (AvgIpc) is 2.68. The predicted octanol–water partition coefficient (Wildman–Crippen LogP) is 5.73. The first-order valence-corrected chi connectivity index (χ1v) is 7.28. The van der Waals surface area contributed by atoms with Crippen LogP contribution in [0.1, 0.15) is 15.3 Å². The first kappa shape index (κ1) is 12.4. The molecule has 0 amide bonds. The summed E-state index contributed by atoms with van der Waals surface area (Å²) in [6.07, 6.45) is 0.939. The number of halogens is 3. The Labute approximate surface area is 117 Å². The summed E-state index contributed by atoms with van der Waals surface area (Å²) < 4.78 is 0.829. The van der Waals surface area contributed by atoms with Gasteiger partial charge >= 0.3 is 0 Å². The van der Waals surface area contributed by atoms with Crippen molar-refractivity contribution in [3.63, 3.8) is 0 Å². The van der Waals surface area contributed by atoms with Crippen LogP contribution in [0.3, 0.4) is 0 Å². The van der Waals surface area contributed by atoms with Gasteiger partial charge in [0.2, 0.25) is 0 Å². The molecule has 0 radical (unpaired) electrons. The lowest BCUT2D eigenvalue weighted by Gasteiger charge is -2.07. The Kier molecular flexibility index (Phi) is 4.31. The largest absolute Gasteiger partial charge is 0.127 e. The summed E-state index contributed by atoms with van der Waals surface area (Å²) in [5.41, 5.74) is 1.26. The predicted molar refractivity (Wildman–Crippen MR) is 76.2 cm³/mol. The van der Waals surface area contributed by atoms with Crippen LogP contribution in [0.15, 0.2) is 36.4 Å². The van der Waals surface area contributed by atoms with E-state index in [0.717, 1.165) is 15.8 Å². The van der Waals surface area contributed by atoms with Crippen molar-refractivity contribution >= 4 is 50.5 Å². The van der Waals surface area contributed by atoms with Crippen molar-refractivity contribution in [1.29, 1.82) is 0 Å². The molecule has 0 aliphatic heterocycles. The van der Waals surface area contributed by atoms with E-state index in [1.807, 2.05) is 30.3 Å². The molecule has 4 heteroatoms. The second kappa shape index (κ2) is 5.54. The van der Waals surface area contributed by atoms with Crippen LogP contribution in [0.5, 0.6) is 0 Å². The molecule has 0 spiro atoms. The van der Waals surface area contributed by atoms with Gasteiger partial charge in [0.1, 0.15) is 0 Å². The number of rotatable bonds is 3. The Morgan fingerprint density at radius 2 is 1.75 bits per heavy atom. The highest BCUT2D eigenvalue weighted by atomic mass is 79.9. The normalized spacial score (nSPS) is 12.7. The third-order valence-corrected chi connectivity index (χ3v) is 4.95. The minimum atomic E-state index is 0.311. The summed E-state index contributed by atoms with van der Waals surface area (Å²) in [4.78, 5) is 1.56. The molecule has 0 saturated carbocycles. The molecule has 1 aromatic carbocycles. The van der Waals surface area contributed by atoms with Crippen molar-refractivity contribution in [2.24, 2.45) is 0 Å². The first-order valence-electron chi connectivity index (χ1n) is 4.79. The minimum absolute atomic E-state index is 0.311. The Bertz CT molecular complexity index is 464. The van der Waals surface area contributed by atoms with Gasteiger partial charge in [-0.25, -0.2) is 0 Å². The van der Waals surface area contributed by atoms with Crippen molar-refractivity contribution in [3.8, 4) is 0 Å². The van der Waals surface area contributed by atoms with Crippen LogP contribution in [-0.2, 0) is 6.42 Å². The third-order valence-electron chi connectivity index (χ3n) is 2.23. The Balaban J connectivity index is 2.07. The van der Waals surface area contributed by atoms with Crippen LogP contribution in [0.25, 0.3) is 0 Å². The summed E-state index contributed by atoms with van der Waals surface area (Å²) in [7, 11) is 0. The SMILES string of the molecule is Clc1ccc(CC(Br)c2ccc(Cl)s2)cc1. The maximum Gasteiger partial charge on any atom is 0.0931 e. The van der Waals surface area contributed by atoms with Crippen LogP contribution in [0.2, 0.25) is 9.36 Å². The second-order valence-corrected chi connectivity index (χ2v) is 6.73. The number of alkyl halides is 1. The van der Waals surface area contributed by atoms with Gasteiger partial charge in [-0.05, 0) is 36.2 Å². The van der Waals surface area contributed by atoms with E-state index >= 15 is 0 Å². The molecule has 0 N–H and O–H groups in total. The number of hydrogen-bond donors (Lipinski definition) is 0. The smallest absolute Gasteiger partial charge is 0.0931 e. The molecular weight excluding hydrogens is 327 g/mol. The molecule has 84 valence electrons. The molecule has 0 aliphatic rings. The lowest BCUT2D eigenvalue weighted by Crippen LogP contribution is -1.92. The second-order valence-electron chi connectivity index (χ2n) is 3.44. The van der Waals surface area contributed by atoms with E-state index in [1.54, 1.807) is 11.3 Å². The summed E-state index contributed by atoms with van der Waals surface area (Å²) in [6, 6.07) is 11.9. The monoisotopic (exact) mass is 334 g/mol. The van der Waals surface area contributed by atoms with Gasteiger partial charge in [-0.15, -0.1) is 11.3 Å². The van der Waals surface area contributed by atoms with Crippen LogP contribution >= 0.6 is 50.5 Å². The van der Waals surface area contributed by atoms with Gasteiger partial charge in [-0.3, -0.25) is 0 Å². The Morgan fingerprint density at radius 1 is 1.06 bits per heavy atom. The van der Waals surface area contributed by atoms with Crippen LogP contribution < -0.4 is 0 Å². The molecule has 2 aromatic rings. The fraction of sp³-hybridized carbons (Fsp3) is 0.167. The van der Waals surface area contributed by atoms with E-state index in [1.165, 1.54) is 10.4 Å². The maximum atomic E-state index is 5.91. The summed E-state index contributed by atoms with van der Waals surface area (Å²) in [5.74, 6) is 0. The molecule has 0 aliphatic carbocycles. The fourth-order valence-electron chi connectivity index (χ4n) is 1.42. The van der Waals surface area contributed by atoms with E-state index in [0.29, 0.717) is 4.83 Å². The van der Waals surface area contributed by atoms with Gasteiger partial charge in [0.15, 0.2) is 0 Å². The van der Waals surface area contributed by atoms with Crippen molar-refractivity contribution < 1.29 is 0 Å². The summed E-state index contributed by atoms with van der Waals surface area (Å²) in [5, 5.41) is 0.772. The molecule has 1 heterocycles. The molecule has 1 aromatic heterocycles. The third kappa shape index (κ3) is 3.24. The highest BCUT2D eigenvalue weighted by Gasteiger charge is 2.10. The molecule has 0 bridgehead atoms. The molecule has 0 saturated heterocycles.